The molecule has 0 radical (unpaired) electrons. The molecule has 1 N–H and O–H groups in total. The average molecular weight is 529 g/mol. The SMILES string of the molecule is CCCCCCCCCCCCCCCCCCOP(=O)(O)OCC[n+]1cccc(C(=O)OCC)c1. The maximum Gasteiger partial charge on any atom is 0.472 e. The van der Waals surface area contributed by atoms with Crippen LogP contribution < -0.4 is 4.57 Å². The first-order valence-corrected chi connectivity index (χ1v) is 15.8. The van der Waals surface area contributed by atoms with Crippen LogP contribution in [0.3, 0.4) is 0 Å². The van der Waals surface area contributed by atoms with Gasteiger partial charge in [0.25, 0.3) is 0 Å². The summed E-state index contributed by atoms with van der Waals surface area (Å²) in [6, 6.07) is 3.38. The minimum Gasteiger partial charge on any atom is -0.462 e. The second-order valence-corrected chi connectivity index (χ2v) is 10.9. The molecule has 1 rings (SSSR count). The fraction of sp³-hybridized carbons (Fsp3) is 0.786. The Morgan fingerprint density at radius 3 is 1.83 bits per heavy atom. The minimum absolute atomic E-state index is 0.00365. The fourth-order valence-corrected chi connectivity index (χ4v) is 4.87. The highest BCUT2D eigenvalue weighted by atomic mass is 31.2. The number of hydrogen-bond donors (Lipinski definition) is 1. The number of rotatable bonds is 24. The normalized spacial score (nSPS) is 13.0. The molecule has 208 valence electrons. The molecular weight excluding hydrogens is 477 g/mol. The van der Waals surface area contributed by atoms with Gasteiger partial charge < -0.3 is 9.63 Å². The number of unbranched alkanes of at least 4 members (excludes halogenated alkanes) is 15. The molecule has 0 amide bonds. The molecule has 0 spiro atoms. The van der Waals surface area contributed by atoms with Crippen LogP contribution in [0.2, 0.25) is 0 Å². The fourth-order valence-electron chi connectivity index (χ4n) is 4.13. The molecule has 1 atom stereocenters. The third-order valence-corrected chi connectivity index (χ3v) is 7.24. The van der Waals surface area contributed by atoms with Gasteiger partial charge in [0.05, 0.1) is 13.2 Å². The maximum absolute atomic E-state index is 12.1. The zero-order valence-corrected chi connectivity index (χ0v) is 23.7. The zero-order chi connectivity index (χ0) is 26.3. The van der Waals surface area contributed by atoms with Gasteiger partial charge in [-0.25, -0.2) is 13.9 Å². The van der Waals surface area contributed by atoms with Crippen molar-refractivity contribution >= 4 is 13.8 Å². The molecular formula is C28H51NO6P+. The Bertz CT molecular complexity index is 730. The summed E-state index contributed by atoms with van der Waals surface area (Å²) in [5.74, 6) is -0.400. The molecule has 0 aliphatic heterocycles. The van der Waals surface area contributed by atoms with E-state index in [0.717, 1.165) is 19.3 Å². The molecule has 0 bridgehead atoms. The van der Waals surface area contributed by atoms with Gasteiger partial charge in [0.1, 0.15) is 12.2 Å². The van der Waals surface area contributed by atoms with Crippen molar-refractivity contribution in [2.45, 2.75) is 123 Å². The lowest BCUT2D eigenvalue weighted by Crippen LogP contribution is -2.36. The second-order valence-electron chi connectivity index (χ2n) is 9.49. The molecule has 0 aliphatic carbocycles. The van der Waals surface area contributed by atoms with Crippen LogP contribution in [0.15, 0.2) is 24.5 Å². The Labute approximate surface area is 219 Å². The number of phosphoric acid groups is 1. The Balaban J connectivity index is 1.95. The van der Waals surface area contributed by atoms with E-state index < -0.39 is 13.8 Å². The molecule has 0 aliphatic rings. The van der Waals surface area contributed by atoms with E-state index in [9.17, 15) is 14.3 Å². The Morgan fingerprint density at radius 2 is 1.31 bits per heavy atom. The van der Waals surface area contributed by atoms with Crippen LogP contribution in [0.4, 0.5) is 0 Å². The first-order chi connectivity index (χ1) is 17.5. The molecule has 1 aromatic heterocycles. The smallest absolute Gasteiger partial charge is 0.462 e. The Hall–Kier alpha value is -1.27. The number of hydrogen-bond acceptors (Lipinski definition) is 5. The number of esters is 1. The topological polar surface area (TPSA) is 85.9 Å². The lowest BCUT2D eigenvalue weighted by Gasteiger charge is -2.11. The molecule has 0 saturated carbocycles. The van der Waals surface area contributed by atoms with Crippen LogP contribution in [0.1, 0.15) is 127 Å². The van der Waals surface area contributed by atoms with Gasteiger partial charge in [-0.1, -0.05) is 103 Å². The van der Waals surface area contributed by atoms with Crippen molar-refractivity contribution < 1.29 is 32.6 Å². The van der Waals surface area contributed by atoms with Crippen LogP contribution in [-0.4, -0.2) is 30.7 Å². The monoisotopic (exact) mass is 528 g/mol. The number of carbonyl (C=O) groups excluding carboxylic acids is 1. The van der Waals surface area contributed by atoms with Gasteiger partial charge in [0, 0.05) is 6.07 Å². The largest absolute Gasteiger partial charge is 0.472 e. The van der Waals surface area contributed by atoms with E-state index in [1.807, 2.05) is 0 Å². The van der Waals surface area contributed by atoms with E-state index in [1.165, 1.54) is 83.5 Å². The van der Waals surface area contributed by atoms with E-state index in [4.69, 9.17) is 13.8 Å². The lowest BCUT2D eigenvalue weighted by molar-refractivity contribution is -0.697. The first-order valence-electron chi connectivity index (χ1n) is 14.3. The van der Waals surface area contributed by atoms with Crippen molar-refractivity contribution in [2.24, 2.45) is 0 Å². The van der Waals surface area contributed by atoms with E-state index in [-0.39, 0.29) is 13.2 Å². The molecule has 1 heterocycles. The van der Waals surface area contributed by atoms with E-state index in [2.05, 4.69) is 6.92 Å². The number of pyridine rings is 1. The number of ether oxygens (including phenoxy) is 1. The highest BCUT2D eigenvalue weighted by molar-refractivity contribution is 7.47. The average Bonchev–Trinajstić information content (AvgIpc) is 2.86. The predicted molar refractivity (Wildman–Crippen MR) is 144 cm³/mol. The maximum atomic E-state index is 12.1. The summed E-state index contributed by atoms with van der Waals surface area (Å²) >= 11 is 0. The van der Waals surface area contributed by atoms with Crippen molar-refractivity contribution in [2.75, 3.05) is 19.8 Å². The van der Waals surface area contributed by atoms with Gasteiger partial charge in [0.2, 0.25) is 0 Å². The minimum atomic E-state index is -4.07. The van der Waals surface area contributed by atoms with E-state index in [1.54, 1.807) is 36.0 Å². The standard InChI is InChI=1S/C28H50NO6P/c1-3-5-6-7-8-9-10-11-12-13-14-15-16-17-18-19-24-34-36(31,32)35-25-23-29-22-20-21-27(26-29)28(30)33-4-2/h20-22,26H,3-19,23-25H2,1-2H3/p+1. The summed E-state index contributed by atoms with van der Waals surface area (Å²) in [6.07, 6.45) is 23.9. The lowest BCUT2D eigenvalue weighted by atomic mass is 10.0. The van der Waals surface area contributed by atoms with Crippen molar-refractivity contribution in [1.29, 1.82) is 0 Å². The van der Waals surface area contributed by atoms with Crippen LogP contribution in [0, 0.1) is 0 Å². The van der Waals surface area contributed by atoms with Crippen LogP contribution >= 0.6 is 7.82 Å². The summed E-state index contributed by atoms with van der Waals surface area (Å²) in [4.78, 5) is 21.7. The summed E-state index contributed by atoms with van der Waals surface area (Å²) in [5.41, 5.74) is 0.422. The van der Waals surface area contributed by atoms with Gasteiger partial charge >= 0.3 is 13.8 Å². The molecule has 0 fully saturated rings. The molecule has 8 heteroatoms. The number of aromatic nitrogens is 1. The summed E-state index contributed by atoms with van der Waals surface area (Å²) in [7, 11) is -4.07. The van der Waals surface area contributed by atoms with Gasteiger partial charge in [-0.3, -0.25) is 9.05 Å². The van der Waals surface area contributed by atoms with Crippen LogP contribution in [0.25, 0.3) is 0 Å². The molecule has 1 aromatic rings. The van der Waals surface area contributed by atoms with E-state index in [0.29, 0.717) is 18.7 Å². The summed E-state index contributed by atoms with van der Waals surface area (Å²) in [6.45, 7) is 4.87. The molecule has 0 saturated heterocycles. The highest BCUT2D eigenvalue weighted by Gasteiger charge is 2.21. The van der Waals surface area contributed by atoms with Crippen LogP contribution in [0.5, 0.6) is 0 Å². The second kappa shape index (κ2) is 21.8. The third-order valence-electron chi connectivity index (χ3n) is 6.23. The Kier molecular flexibility index (Phi) is 19.8. The van der Waals surface area contributed by atoms with Gasteiger partial charge in [-0.2, -0.15) is 0 Å². The summed E-state index contributed by atoms with van der Waals surface area (Å²) < 4.78 is 28.9. The molecule has 36 heavy (non-hydrogen) atoms. The zero-order valence-electron chi connectivity index (χ0n) is 22.8. The van der Waals surface area contributed by atoms with Crippen LogP contribution in [-0.2, 0) is 24.9 Å². The number of carbonyl (C=O) groups is 1. The van der Waals surface area contributed by atoms with Crippen molar-refractivity contribution in [3.8, 4) is 0 Å². The first kappa shape index (κ1) is 32.8. The van der Waals surface area contributed by atoms with Crippen molar-refractivity contribution in [3.63, 3.8) is 0 Å². The van der Waals surface area contributed by atoms with Crippen molar-refractivity contribution in [3.05, 3.63) is 30.1 Å². The van der Waals surface area contributed by atoms with Crippen molar-refractivity contribution in [1.82, 2.24) is 0 Å². The quantitative estimate of drug-likeness (QED) is 0.0645. The van der Waals surface area contributed by atoms with Gasteiger partial charge in [0.15, 0.2) is 18.9 Å². The molecule has 1 unspecified atom stereocenters. The van der Waals surface area contributed by atoms with Gasteiger partial charge in [-0.15, -0.1) is 0 Å². The van der Waals surface area contributed by atoms with E-state index >= 15 is 0 Å². The highest BCUT2D eigenvalue weighted by Crippen LogP contribution is 2.43. The number of nitrogens with zero attached hydrogens (tertiary/aromatic N) is 1. The van der Waals surface area contributed by atoms with Gasteiger partial charge in [-0.05, 0) is 19.4 Å². The molecule has 7 nitrogen and oxygen atoms in total. The number of phosphoric ester groups is 1. The molecule has 0 aromatic carbocycles. The predicted octanol–water partition coefficient (Wildman–Crippen LogP) is 7.55. The Morgan fingerprint density at radius 1 is 0.806 bits per heavy atom. The third kappa shape index (κ3) is 18.0. The summed E-state index contributed by atoms with van der Waals surface area (Å²) in [5, 5.41) is 0.